The summed E-state index contributed by atoms with van der Waals surface area (Å²) in [4.78, 5) is 21.5. The number of thiazole rings is 1. The van der Waals surface area contributed by atoms with Crippen molar-refractivity contribution >= 4 is 38.2 Å². The number of hydrogen-bond acceptors (Lipinski definition) is 6. The molecule has 0 atom stereocenters. The van der Waals surface area contributed by atoms with Crippen LogP contribution in [0.15, 0.2) is 57.7 Å². The number of sulfonamides is 1. The second-order valence-corrected chi connectivity index (χ2v) is 10.5. The highest BCUT2D eigenvalue weighted by Gasteiger charge is 2.29. The van der Waals surface area contributed by atoms with Crippen LogP contribution < -0.4 is 10.0 Å². The molecule has 0 unspecified atom stereocenters. The zero-order valence-corrected chi connectivity index (χ0v) is 20.2. The van der Waals surface area contributed by atoms with Gasteiger partial charge in [-0.3, -0.25) is 14.5 Å². The zero-order chi connectivity index (χ0) is 23.4. The highest BCUT2D eigenvalue weighted by molar-refractivity contribution is 7.90. The third-order valence-electron chi connectivity index (χ3n) is 5.55. The molecule has 7 nitrogen and oxygen atoms in total. The second-order valence-electron chi connectivity index (χ2n) is 8.03. The number of aryl methyl sites for hydroxylation is 2. The van der Waals surface area contributed by atoms with Crippen LogP contribution in [-0.4, -0.2) is 31.7 Å². The summed E-state index contributed by atoms with van der Waals surface area (Å²) in [5.41, 5.74) is 4.97. The standard InChI is InChI=1S/C24H26N4O3S2/c1-16-11-12-18(14-17(16)2)20-15-32-24(26-20)27-22(29)10-4-3-7-13-25-23-19-8-5-6-9-21(19)33(30,31)28-23/h5-6,8-9,11-12,14-15H,3-4,7,10,13H2,1-2H3,(H,25,28)(H,26,27,29). The smallest absolute Gasteiger partial charge is 0.263 e. The summed E-state index contributed by atoms with van der Waals surface area (Å²) in [5, 5.41) is 5.43. The Morgan fingerprint density at radius 1 is 1.09 bits per heavy atom. The maximum Gasteiger partial charge on any atom is 0.263 e. The Labute approximate surface area is 198 Å². The van der Waals surface area contributed by atoms with Crippen molar-refractivity contribution in [1.82, 2.24) is 9.71 Å². The van der Waals surface area contributed by atoms with Crippen LogP contribution in [-0.2, 0) is 14.8 Å². The molecule has 0 spiro atoms. The lowest BCUT2D eigenvalue weighted by atomic mass is 10.1. The first-order valence-electron chi connectivity index (χ1n) is 10.8. The van der Waals surface area contributed by atoms with E-state index in [1.807, 2.05) is 11.4 Å². The molecule has 0 saturated carbocycles. The number of nitrogens with zero attached hydrogens (tertiary/aromatic N) is 2. The van der Waals surface area contributed by atoms with Gasteiger partial charge in [0, 0.05) is 29.5 Å². The first-order valence-corrected chi connectivity index (χ1v) is 13.2. The van der Waals surface area contributed by atoms with Gasteiger partial charge in [-0.05, 0) is 56.0 Å². The first-order chi connectivity index (χ1) is 15.8. The predicted molar refractivity (Wildman–Crippen MR) is 132 cm³/mol. The van der Waals surface area contributed by atoms with Crippen LogP contribution in [0.2, 0.25) is 0 Å². The fourth-order valence-electron chi connectivity index (χ4n) is 3.56. The Balaban J connectivity index is 1.21. The number of aromatic nitrogens is 1. The molecule has 0 saturated heterocycles. The van der Waals surface area contributed by atoms with Gasteiger partial charge in [0.05, 0.1) is 10.6 Å². The maximum absolute atomic E-state index is 12.3. The number of amidine groups is 1. The molecule has 2 N–H and O–H groups in total. The van der Waals surface area contributed by atoms with Crippen molar-refractivity contribution in [1.29, 1.82) is 0 Å². The lowest BCUT2D eigenvalue weighted by Gasteiger charge is -2.03. The molecule has 0 aliphatic carbocycles. The van der Waals surface area contributed by atoms with Crippen LogP contribution in [0.25, 0.3) is 11.3 Å². The van der Waals surface area contributed by atoms with E-state index in [9.17, 15) is 13.2 Å². The fourth-order valence-corrected chi connectivity index (χ4v) is 5.55. The number of carbonyl (C=O) groups is 1. The molecular weight excluding hydrogens is 456 g/mol. The van der Waals surface area contributed by atoms with Gasteiger partial charge in [-0.25, -0.2) is 13.4 Å². The molecule has 0 fully saturated rings. The molecule has 33 heavy (non-hydrogen) atoms. The topological polar surface area (TPSA) is 101 Å². The van der Waals surface area contributed by atoms with Gasteiger partial charge in [0.2, 0.25) is 5.91 Å². The van der Waals surface area contributed by atoms with Gasteiger partial charge < -0.3 is 5.32 Å². The lowest BCUT2D eigenvalue weighted by Crippen LogP contribution is -2.22. The van der Waals surface area contributed by atoms with Crippen LogP contribution in [0.4, 0.5) is 5.13 Å². The van der Waals surface area contributed by atoms with E-state index in [2.05, 4.69) is 46.0 Å². The summed E-state index contributed by atoms with van der Waals surface area (Å²) in [5.74, 6) is 0.339. The van der Waals surface area contributed by atoms with Crippen molar-refractivity contribution in [2.45, 2.75) is 44.4 Å². The van der Waals surface area contributed by atoms with Crippen LogP contribution in [0.5, 0.6) is 0 Å². The third-order valence-corrected chi connectivity index (χ3v) is 7.70. The van der Waals surface area contributed by atoms with Gasteiger partial charge in [-0.1, -0.05) is 30.7 Å². The molecule has 2 aromatic carbocycles. The minimum atomic E-state index is -3.50. The quantitative estimate of drug-likeness (QED) is 0.456. The molecule has 0 bridgehead atoms. The van der Waals surface area contributed by atoms with Crippen molar-refractivity contribution in [2.24, 2.45) is 4.99 Å². The van der Waals surface area contributed by atoms with E-state index in [0.29, 0.717) is 29.5 Å². The highest BCUT2D eigenvalue weighted by atomic mass is 32.2. The van der Waals surface area contributed by atoms with Crippen LogP contribution in [0.3, 0.4) is 0 Å². The van der Waals surface area contributed by atoms with Crippen molar-refractivity contribution in [3.8, 4) is 11.3 Å². The molecule has 4 rings (SSSR count). The number of carbonyl (C=O) groups excluding carboxylic acids is 1. The van der Waals surface area contributed by atoms with Crippen LogP contribution in [0.1, 0.15) is 42.4 Å². The number of benzene rings is 2. The molecule has 2 heterocycles. The van der Waals surface area contributed by atoms with E-state index in [4.69, 9.17) is 0 Å². The van der Waals surface area contributed by atoms with E-state index < -0.39 is 10.0 Å². The number of aliphatic imine (C=N–C) groups is 1. The zero-order valence-electron chi connectivity index (χ0n) is 18.6. The SMILES string of the molecule is Cc1ccc(-c2csc(NC(=O)CCCCCN=C3NS(=O)(=O)c4ccccc43)n2)cc1C. The molecule has 3 aromatic rings. The van der Waals surface area contributed by atoms with Crippen molar-refractivity contribution in [3.05, 3.63) is 64.5 Å². The van der Waals surface area contributed by atoms with E-state index >= 15 is 0 Å². The average Bonchev–Trinajstić information content (AvgIpc) is 3.35. The van der Waals surface area contributed by atoms with Crippen LogP contribution >= 0.6 is 11.3 Å². The Morgan fingerprint density at radius 3 is 2.73 bits per heavy atom. The number of amides is 1. The monoisotopic (exact) mass is 482 g/mol. The largest absolute Gasteiger partial charge is 0.302 e. The fraction of sp³-hybridized carbons (Fsp3) is 0.292. The number of fused-ring (bicyclic) bond motifs is 1. The Kier molecular flexibility index (Phi) is 6.90. The number of rotatable bonds is 8. The molecule has 1 aliphatic heterocycles. The maximum atomic E-state index is 12.3. The molecule has 1 aromatic heterocycles. The number of anilines is 1. The Morgan fingerprint density at radius 2 is 1.91 bits per heavy atom. The number of hydrogen-bond donors (Lipinski definition) is 2. The highest BCUT2D eigenvalue weighted by Crippen LogP contribution is 2.27. The first kappa shape index (κ1) is 23.1. The molecule has 1 aliphatic rings. The summed E-state index contributed by atoms with van der Waals surface area (Å²) in [6.07, 6.45) is 2.73. The summed E-state index contributed by atoms with van der Waals surface area (Å²) >= 11 is 1.42. The molecule has 0 radical (unpaired) electrons. The summed E-state index contributed by atoms with van der Waals surface area (Å²) in [6.45, 7) is 4.65. The van der Waals surface area contributed by atoms with E-state index in [1.165, 1.54) is 22.5 Å². The average molecular weight is 483 g/mol. The van der Waals surface area contributed by atoms with Gasteiger partial charge in [-0.2, -0.15) is 0 Å². The summed E-state index contributed by atoms with van der Waals surface area (Å²) in [6, 6.07) is 13.0. The van der Waals surface area contributed by atoms with Crippen molar-refractivity contribution in [3.63, 3.8) is 0 Å². The van der Waals surface area contributed by atoms with Gasteiger partial charge >= 0.3 is 0 Å². The van der Waals surface area contributed by atoms with E-state index in [-0.39, 0.29) is 10.8 Å². The van der Waals surface area contributed by atoms with Gasteiger partial charge in [0.1, 0.15) is 5.84 Å². The van der Waals surface area contributed by atoms with E-state index in [0.717, 1.165) is 30.5 Å². The third kappa shape index (κ3) is 5.48. The van der Waals surface area contributed by atoms with Crippen LogP contribution in [0, 0.1) is 13.8 Å². The number of unbranched alkanes of at least 4 members (excludes halogenated alkanes) is 2. The molecular formula is C24H26N4O3S2. The summed E-state index contributed by atoms with van der Waals surface area (Å²) in [7, 11) is -3.50. The molecule has 9 heteroatoms. The number of nitrogens with one attached hydrogen (secondary N) is 2. The lowest BCUT2D eigenvalue weighted by molar-refractivity contribution is -0.116. The Bertz CT molecular complexity index is 1310. The normalized spacial score (nSPS) is 15.3. The predicted octanol–water partition coefficient (Wildman–Crippen LogP) is 4.66. The minimum Gasteiger partial charge on any atom is -0.302 e. The van der Waals surface area contributed by atoms with Gasteiger partial charge in [0.15, 0.2) is 5.13 Å². The second kappa shape index (κ2) is 9.84. The van der Waals surface area contributed by atoms with Gasteiger partial charge in [-0.15, -0.1) is 11.3 Å². The summed E-state index contributed by atoms with van der Waals surface area (Å²) < 4.78 is 26.7. The van der Waals surface area contributed by atoms with E-state index in [1.54, 1.807) is 24.3 Å². The molecule has 1 amide bonds. The van der Waals surface area contributed by atoms with Gasteiger partial charge in [0.25, 0.3) is 10.0 Å². The minimum absolute atomic E-state index is 0.0558. The van der Waals surface area contributed by atoms with Crippen molar-refractivity contribution < 1.29 is 13.2 Å². The molecule has 172 valence electrons. The Hall–Kier alpha value is -3.04. The van der Waals surface area contributed by atoms with Crippen molar-refractivity contribution in [2.75, 3.05) is 11.9 Å².